The second-order valence-electron chi connectivity index (χ2n) is 8.36. The Bertz CT molecular complexity index is 932. The van der Waals surface area contributed by atoms with E-state index in [0.29, 0.717) is 26.1 Å². The molecule has 0 radical (unpaired) electrons. The van der Waals surface area contributed by atoms with Crippen LogP contribution in [-0.4, -0.2) is 57.7 Å². The van der Waals surface area contributed by atoms with E-state index in [1.165, 1.54) is 4.90 Å². The molecule has 2 aliphatic heterocycles. The number of carbonyl (C=O) groups is 3. The summed E-state index contributed by atoms with van der Waals surface area (Å²) in [5.74, 6) is -0.186. The van der Waals surface area contributed by atoms with Crippen LogP contribution < -0.4 is 0 Å². The summed E-state index contributed by atoms with van der Waals surface area (Å²) in [6, 6.07) is 18.4. The van der Waals surface area contributed by atoms with Crippen molar-refractivity contribution in [3.8, 4) is 0 Å². The number of carbonyl (C=O) groups excluding carboxylic acids is 3. The largest absolute Gasteiger partial charge is 0.334 e. The lowest BCUT2D eigenvalue weighted by Gasteiger charge is -2.50. The predicted octanol–water partition coefficient (Wildman–Crippen LogP) is 3.46. The normalized spacial score (nSPS) is 21.5. The Morgan fingerprint density at radius 2 is 1.55 bits per heavy atom. The highest BCUT2D eigenvalue weighted by molar-refractivity contribution is 6.00. The van der Waals surface area contributed by atoms with Crippen molar-refractivity contribution in [3.05, 3.63) is 71.8 Å². The molecule has 2 saturated heterocycles. The summed E-state index contributed by atoms with van der Waals surface area (Å²) in [7, 11) is 0. The minimum absolute atomic E-state index is 0.0536. The molecule has 0 spiro atoms. The van der Waals surface area contributed by atoms with Gasteiger partial charge in [0.25, 0.3) is 0 Å². The highest BCUT2D eigenvalue weighted by Gasteiger charge is 2.49. The Hall–Kier alpha value is -3.15. The molecule has 2 aromatic rings. The van der Waals surface area contributed by atoms with Gasteiger partial charge in [0.1, 0.15) is 6.04 Å². The van der Waals surface area contributed by atoms with Crippen LogP contribution in [0.25, 0.3) is 0 Å². The van der Waals surface area contributed by atoms with E-state index in [-0.39, 0.29) is 30.3 Å². The van der Waals surface area contributed by atoms with Crippen LogP contribution in [0.5, 0.6) is 0 Å². The zero-order valence-electron chi connectivity index (χ0n) is 17.9. The molecule has 2 unspecified atom stereocenters. The molecule has 2 aromatic carbocycles. The van der Waals surface area contributed by atoms with E-state index in [2.05, 4.69) is 0 Å². The number of urea groups is 1. The molecule has 4 rings (SSSR count). The van der Waals surface area contributed by atoms with Gasteiger partial charge in [0.05, 0.1) is 6.04 Å². The van der Waals surface area contributed by atoms with Gasteiger partial charge in [0.15, 0.2) is 0 Å². The van der Waals surface area contributed by atoms with E-state index in [4.69, 9.17) is 0 Å². The lowest BCUT2D eigenvalue weighted by molar-refractivity contribution is -0.150. The zero-order chi connectivity index (χ0) is 21.8. The number of piperazine rings is 1. The fourth-order valence-electron chi connectivity index (χ4n) is 4.53. The van der Waals surface area contributed by atoms with Crippen LogP contribution in [-0.2, 0) is 22.6 Å². The summed E-state index contributed by atoms with van der Waals surface area (Å²) in [4.78, 5) is 44.5. The van der Waals surface area contributed by atoms with Gasteiger partial charge < -0.3 is 9.80 Å². The van der Waals surface area contributed by atoms with Crippen LogP contribution in [0.1, 0.15) is 37.3 Å². The third-order valence-electron chi connectivity index (χ3n) is 6.14. The number of fused-ring (bicyclic) bond motifs is 1. The summed E-state index contributed by atoms with van der Waals surface area (Å²) < 4.78 is 0. The van der Waals surface area contributed by atoms with Crippen LogP contribution in [0.2, 0.25) is 0 Å². The van der Waals surface area contributed by atoms with Crippen molar-refractivity contribution < 1.29 is 14.4 Å². The second kappa shape index (κ2) is 9.33. The molecule has 2 atom stereocenters. The average Bonchev–Trinajstić information content (AvgIpc) is 2.78. The fourth-order valence-corrected chi connectivity index (χ4v) is 4.53. The standard InChI is InChI=1S/C25H29N3O3/c1-2-3-14-27-23(29)16-21-18-26(17-20-12-8-5-9-13-20)24(30)22(28(21)25(27)31)15-19-10-6-4-7-11-19/h4-13,21-22H,2-3,14-18H2,1H3. The lowest BCUT2D eigenvalue weighted by atomic mass is 9.94. The number of benzene rings is 2. The molecule has 2 heterocycles. The fraction of sp³-hybridized carbons (Fsp3) is 0.400. The van der Waals surface area contributed by atoms with Crippen molar-refractivity contribution in [3.63, 3.8) is 0 Å². The van der Waals surface area contributed by atoms with Gasteiger partial charge >= 0.3 is 6.03 Å². The maximum atomic E-state index is 13.6. The number of amides is 4. The first-order valence-electron chi connectivity index (χ1n) is 11.1. The van der Waals surface area contributed by atoms with Crippen LogP contribution >= 0.6 is 0 Å². The van der Waals surface area contributed by atoms with Gasteiger partial charge in [0, 0.05) is 32.5 Å². The van der Waals surface area contributed by atoms with Gasteiger partial charge in [0.2, 0.25) is 11.8 Å². The predicted molar refractivity (Wildman–Crippen MR) is 118 cm³/mol. The minimum Gasteiger partial charge on any atom is -0.334 e. The molecule has 2 fully saturated rings. The highest BCUT2D eigenvalue weighted by Crippen LogP contribution is 2.29. The first kappa shape index (κ1) is 21.1. The van der Waals surface area contributed by atoms with Crippen molar-refractivity contribution in [2.24, 2.45) is 0 Å². The van der Waals surface area contributed by atoms with E-state index in [1.807, 2.05) is 72.5 Å². The average molecular weight is 420 g/mol. The monoisotopic (exact) mass is 419 g/mol. The smallest absolute Gasteiger partial charge is 0.327 e. The molecule has 4 amide bonds. The SMILES string of the molecule is CCCCN1C(=O)CC2CN(Cc3ccccc3)C(=O)C(Cc3ccccc3)N2C1=O. The molecule has 0 aromatic heterocycles. The third-order valence-corrected chi connectivity index (χ3v) is 6.14. The maximum absolute atomic E-state index is 13.6. The van der Waals surface area contributed by atoms with Gasteiger partial charge in [-0.3, -0.25) is 14.5 Å². The van der Waals surface area contributed by atoms with Crippen LogP contribution in [0, 0.1) is 0 Å². The summed E-state index contributed by atoms with van der Waals surface area (Å²) in [6.07, 6.45) is 2.38. The molecule has 162 valence electrons. The topological polar surface area (TPSA) is 60.9 Å². The van der Waals surface area contributed by atoms with Gasteiger partial charge in [-0.2, -0.15) is 0 Å². The molecule has 0 aliphatic carbocycles. The summed E-state index contributed by atoms with van der Waals surface area (Å²) >= 11 is 0. The molecule has 0 saturated carbocycles. The number of nitrogens with zero attached hydrogens (tertiary/aromatic N) is 3. The van der Waals surface area contributed by atoms with E-state index in [9.17, 15) is 14.4 Å². The molecular formula is C25H29N3O3. The summed E-state index contributed by atoms with van der Waals surface area (Å²) in [5.41, 5.74) is 2.05. The van der Waals surface area contributed by atoms with E-state index >= 15 is 0 Å². The molecule has 6 nitrogen and oxygen atoms in total. The Morgan fingerprint density at radius 1 is 0.903 bits per heavy atom. The van der Waals surface area contributed by atoms with Crippen molar-refractivity contribution in [2.45, 2.75) is 51.2 Å². The van der Waals surface area contributed by atoms with E-state index in [0.717, 1.165) is 24.0 Å². The molecular weight excluding hydrogens is 390 g/mol. The lowest BCUT2D eigenvalue weighted by Crippen LogP contribution is -2.69. The van der Waals surface area contributed by atoms with Crippen molar-refractivity contribution >= 4 is 17.8 Å². The van der Waals surface area contributed by atoms with Crippen LogP contribution in [0.15, 0.2) is 60.7 Å². The highest BCUT2D eigenvalue weighted by atomic mass is 16.2. The van der Waals surface area contributed by atoms with Crippen molar-refractivity contribution in [1.82, 2.24) is 14.7 Å². The van der Waals surface area contributed by atoms with Crippen LogP contribution in [0.3, 0.4) is 0 Å². The Morgan fingerprint density at radius 3 is 2.19 bits per heavy atom. The number of rotatable bonds is 7. The van der Waals surface area contributed by atoms with E-state index < -0.39 is 6.04 Å². The maximum Gasteiger partial charge on any atom is 0.327 e. The summed E-state index contributed by atoms with van der Waals surface area (Å²) in [6.45, 7) is 3.32. The first-order valence-corrected chi connectivity index (χ1v) is 11.1. The van der Waals surface area contributed by atoms with E-state index in [1.54, 1.807) is 4.90 Å². The second-order valence-corrected chi connectivity index (χ2v) is 8.36. The molecule has 2 aliphatic rings. The van der Waals surface area contributed by atoms with Gasteiger partial charge in [-0.1, -0.05) is 74.0 Å². The minimum atomic E-state index is -0.602. The number of hydrogen-bond acceptors (Lipinski definition) is 3. The third kappa shape index (κ3) is 4.48. The van der Waals surface area contributed by atoms with Gasteiger partial charge in [-0.05, 0) is 17.5 Å². The van der Waals surface area contributed by atoms with Crippen molar-refractivity contribution in [1.29, 1.82) is 0 Å². The van der Waals surface area contributed by atoms with Gasteiger partial charge in [-0.15, -0.1) is 0 Å². The van der Waals surface area contributed by atoms with Gasteiger partial charge in [-0.25, -0.2) is 4.79 Å². The molecule has 0 N–H and O–H groups in total. The molecule has 31 heavy (non-hydrogen) atoms. The Balaban J connectivity index is 1.63. The Kier molecular flexibility index (Phi) is 6.35. The van der Waals surface area contributed by atoms with Crippen molar-refractivity contribution in [2.75, 3.05) is 13.1 Å². The first-order chi connectivity index (χ1) is 15.1. The molecule has 0 bridgehead atoms. The number of unbranched alkanes of at least 4 members (excludes halogenated alkanes) is 1. The number of imide groups is 1. The summed E-state index contributed by atoms with van der Waals surface area (Å²) in [5, 5.41) is 0. The quantitative estimate of drug-likeness (QED) is 0.691. The zero-order valence-corrected chi connectivity index (χ0v) is 17.9. The number of hydrogen-bond donors (Lipinski definition) is 0. The Labute approximate surface area is 183 Å². The van der Waals surface area contributed by atoms with Crippen LogP contribution in [0.4, 0.5) is 4.79 Å². The molecule has 6 heteroatoms.